The number of ether oxygens (including phenoxy) is 1. The highest BCUT2D eigenvalue weighted by molar-refractivity contribution is 8.14. The summed E-state index contributed by atoms with van der Waals surface area (Å²) >= 11 is 1.87. The molecule has 0 aromatic rings. The molecule has 0 saturated carbocycles. The predicted octanol–water partition coefficient (Wildman–Crippen LogP) is 0.390. The largest absolute Gasteiger partial charge is 0.381 e. The Morgan fingerprint density at radius 3 is 2.67 bits per heavy atom. The van der Waals surface area contributed by atoms with E-state index < -0.39 is 0 Å². The van der Waals surface area contributed by atoms with Crippen molar-refractivity contribution in [2.75, 3.05) is 52.2 Å². The van der Waals surface area contributed by atoms with Crippen LogP contribution in [0.15, 0.2) is 4.99 Å². The van der Waals surface area contributed by atoms with E-state index in [0.29, 0.717) is 0 Å². The third-order valence-electron chi connectivity index (χ3n) is 4.00. The van der Waals surface area contributed by atoms with Gasteiger partial charge in [-0.05, 0) is 19.9 Å². The van der Waals surface area contributed by atoms with Gasteiger partial charge in [-0.2, -0.15) is 0 Å². The lowest BCUT2D eigenvalue weighted by Gasteiger charge is -2.32. The number of aliphatic imine (C=N–C) groups is 1. The number of nitrogens with zero attached hydrogens (tertiary/aromatic N) is 3. The summed E-state index contributed by atoms with van der Waals surface area (Å²) in [6, 6.07) is 0. The third kappa shape index (κ3) is 2.82. The highest BCUT2D eigenvalue weighted by atomic mass is 32.2. The van der Waals surface area contributed by atoms with Gasteiger partial charge in [-0.25, -0.2) is 5.01 Å². The molecule has 0 bridgehead atoms. The Morgan fingerprint density at radius 1 is 1.22 bits per heavy atom. The van der Waals surface area contributed by atoms with E-state index in [1.807, 2.05) is 11.8 Å². The van der Waals surface area contributed by atoms with E-state index in [2.05, 4.69) is 22.4 Å². The first-order valence-corrected chi connectivity index (χ1v) is 7.75. The fourth-order valence-electron chi connectivity index (χ4n) is 2.60. The summed E-state index contributed by atoms with van der Waals surface area (Å²) < 4.78 is 5.44. The first-order valence-electron chi connectivity index (χ1n) is 6.76. The average Bonchev–Trinajstić information content (AvgIpc) is 2.76. The van der Waals surface area contributed by atoms with Crippen molar-refractivity contribution in [1.82, 2.24) is 15.3 Å². The molecular weight excluding hydrogens is 248 g/mol. The van der Waals surface area contributed by atoms with Crippen LogP contribution in [0.5, 0.6) is 0 Å². The van der Waals surface area contributed by atoms with Gasteiger partial charge in [0.25, 0.3) is 0 Å². The first kappa shape index (κ1) is 12.7. The van der Waals surface area contributed by atoms with Gasteiger partial charge in [0, 0.05) is 45.1 Å². The second kappa shape index (κ2) is 5.36. The number of piperazine rings is 1. The molecule has 2 fully saturated rings. The molecule has 2 saturated heterocycles. The average molecular weight is 270 g/mol. The van der Waals surface area contributed by atoms with Crippen molar-refractivity contribution in [3.8, 4) is 0 Å². The van der Waals surface area contributed by atoms with Gasteiger partial charge in [-0.15, -0.1) is 0 Å². The second-order valence-corrected chi connectivity index (χ2v) is 6.41. The molecule has 0 aliphatic carbocycles. The molecule has 0 aromatic heterocycles. The Kier molecular flexibility index (Phi) is 3.79. The molecule has 1 N–H and O–H groups in total. The molecule has 0 atom stereocenters. The Balaban J connectivity index is 1.55. The molecule has 0 amide bonds. The van der Waals surface area contributed by atoms with Gasteiger partial charge in [0.15, 0.2) is 5.17 Å². The highest BCUT2D eigenvalue weighted by Gasteiger charge is 2.37. The zero-order valence-electron chi connectivity index (χ0n) is 11.0. The molecule has 6 heteroatoms. The summed E-state index contributed by atoms with van der Waals surface area (Å²) in [5, 5.41) is 3.41. The second-order valence-electron chi connectivity index (χ2n) is 5.44. The van der Waals surface area contributed by atoms with Crippen LogP contribution in [0, 0.1) is 0 Å². The van der Waals surface area contributed by atoms with Gasteiger partial charge >= 0.3 is 0 Å². The van der Waals surface area contributed by atoms with Crippen LogP contribution < -0.4 is 5.43 Å². The number of nitrogens with one attached hydrogen (secondary N) is 1. The van der Waals surface area contributed by atoms with E-state index in [0.717, 1.165) is 63.2 Å². The van der Waals surface area contributed by atoms with Crippen LogP contribution in [-0.4, -0.2) is 72.8 Å². The molecule has 3 rings (SSSR count). The van der Waals surface area contributed by atoms with Crippen molar-refractivity contribution in [2.24, 2.45) is 4.99 Å². The third-order valence-corrected chi connectivity index (χ3v) is 5.13. The van der Waals surface area contributed by atoms with Crippen LogP contribution in [0.2, 0.25) is 0 Å². The molecule has 1 spiro atoms. The van der Waals surface area contributed by atoms with Crippen molar-refractivity contribution in [3.05, 3.63) is 0 Å². The summed E-state index contributed by atoms with van der Waals surface area (Å²) in [7, 11) is 2.18. The standard InChI is InChI=1S/C12H22N4OS/c1-15-4-6-16(7-5-15)14-11-13-12(10-18-11)2-8-17-9-3-12/h2-10H2,1H3,(H,13,14). The van der Waals surface area contributed by atoms with Crippen molar-refractivity contribution in [1.29, 1.82) is 0 Å². The predicted molar refractivity (Wildman–Crippen MR) is 74.9 cm³/mol. The summed E-state index contributed by atoms with van der Waals surface area (Å²) in [4.78, 5) is 7.29. The summed E-state index contributed by atoms with van der Waals surface area (Å²) in [6.45, 7) is 6.14. The van der Waals surface area contributed by atoms with Crippen molar-refractivity contribution < 1.29 is 4.74 Å². The van der Waals surface area contributed by atoms with Crippen LogP contribution in [0.3, 0.4) is 0 Å². The molecule has 3 aliphatic heterocycles. The Hall–Kier alpha value is -0.300. The van der Waals surface area contributed by atoms with Gasteiger partial charge in [0.05, 0.1) is 5.54 Å². The number of thioether (sulfide) groups is 1. The Labute approximate surface area is 113 Å². The number of hydrazine groups is 1. The molecule has 3 heterocycles. The number of rotatable bonds is 1. The molecule has 5 nitrogen and oxygen atoms in total. The van der Waals surface area contributed by atoms with Crippen molar-refractivity contribution >= 4 is 16.9 Å². The lowest BCUT2D eigenvalue weighted by atomic mass is 9.93. The first-order chi connectivity index (χ1) is 8.76. The molecular formula is C12H22N4OS. The van der Waals surface area contributed by atoms with E-state index in [-0.39, 0.29) is 5.54 Å². The monoisotopic (exact) mass is 270 g/mol. The van der Waals surface area contributed by atoms with Crippen molar-refractivity contribution in [2.45, 2.75) is 18.4 Å². The van der Waals surface area contributed by atoms with E-state index in [1.54, 1.807) is 0 Å². The quantitative estimate of drug-likeness (QED) is 0.746. The molecule has 0 unspecified atom stereocenters. The summed E-state index contributed by atoms with van der Waals surface area (Å²) in [6.07, 6.45) is 2.15. The normalized spacial score (nSPS) is 29.5. The number of likely N-dealkylation sites (N-methyl/N-ethyl adjacent to an activating group) is 1. The zero-order valence-corrected chi connectivity index (χ0v) is 11.8. The number of hydrogen-bond donors (Lipinski definition) is 1. The number of hydrogen-bond acceptors (Lipinski definition) is 6. The number of amidine groups is 1. The van der Waals surface area contributed by atoms with Gasteiger partial charge in [-0.1, -0.05) is 11.8 Å². The summed E-state index contributed by atoms with van der Waals surface area (Å²) in [5.41, 5.74) is 3.65. The minimum absolute atomic E-state index is 0.165. The minimum Gasteiger partial charge on any atom is -0.381 e. The van der Waals surface area contributed by atoms with Crippen LogP contribution in [-0.2, 0) is 4.74 Å². The Morgan fingerprint density at radius 2 is 1.94 bits per heavy atom. The molecule has 3 aliphatic rings. The van der Waals surface area contributed by atoms with Gasteiger partial charge in [-0.3, -0.25) is 10.4 Å². The van der Waals surface area contributed by atoms with Crippen LogP contribution in [0.4, 0.5) is 0 Å². The fraction of sp³-hybridized carbons (Fsp3) is 0.917. The van der Waals surface area contributed by atoms with Crippen LogP contribution >= 0.6 is 11.8 Å². The topological polar surface area (TPSA) is 40.1 Å². The van der Waals surface area contributed by atoms with Gasteiger partial charge in [0.2, 0.25) is 0 Å². The molecule has 0 radical (unpaired) electrons. The summed E-state index contributed by atoms with van der Waals surface area (Å²) in [5.74, 6) is 1.12. The maximum atomic E-state index is 5.44. The van der Waals surface area contributed by atoms with Crippen LogP contribution in [0.1, 0.15) is 12.8 Å². The zero-order chi connectivity index (χ0) is 12.4. The highest BCUT2D eigenvalue weighted by Crippen LogP contribution is 2.35. The van der Waals surface area contributed by atoms with E-state index in [4.69, 9.17) is 9.73 Å². The molecule has 0 aromatic carbocycles. The molecule has 18 heavy (non-hydrogen) atoms. The van der Waals surface area contributed by atoms with Crippen molar-refractivity contribution in [3.63, 3.8) is 0 Å². The lowest BCUT2D eigenvalue weighted by molar-refractivity contribution is 0.0621. The maximum absolute atomic E-state index is 5.44. The van der Waals surface area contributed by atoms with E-state index >= 15 is 0 Å². The Bertz CT molecular complexity index is 322. The van der Waals surface area contributed by atoms with Gasteiger partial charge in [0.1, 0.15) is 0 Å². The van der Waals surface area contributed by atoms with E-state index in [1.165, 1.54) is 0 Å². The fourth-order valence-corrected chi connectivity index (χ4v) is 3.81. The smallest absolute Gasteiger partial charge is 0.171 e. The minimum atomic E-state index is 0.165. The van der Waals surface area contributed by atoms with Gasteiger partial charge < -0.3 is 9.64 Å². The SMILES string of the molecule is CN1CCN(NC2=NC3(CCOCC3)CS2)CC1. The maximum Gasteiger partial charge on any atom is 0.171 e. The molecule has 102 valence electrons. The van der Waals surface area contributed by atoms with E-state index in [9.17, 15) is 0 Å². The van der Waals surface area contributed by atoms with Crippen LogP contribution in [0.25, 0.3) is 0 Å². The lowest BCUT2D eigenvalue weighted by Crippen LogP contribution is -2.51.